The van der Waals surface area contributed by atoms with Gasteiger partial charge in [0, 0.05) is 31.0 Å². The van der Waals surface area contributed by atoms with Crippen LogP contribution in [0.1, 0.15) is 32.1 Å². The Balaban J connectivity index is 1.60. The van der Waals surface area contributed by atoms with Crippen molar-refractivity contribution in [3.63, 3.8) is 0 Å². The number of nitrogens with two attached hydrogens (primary N) is 1. The Morgan fingerprint density at radius 2 is 1.91 bits per heavy atom. The van der Waals surface area contributed by atoms with Crippen molar-refractivity contribution in [3.05, 3.63) is 53.9 Å². The van der Waals surface area contributed by atoms with Gasteiger partial charge < -0.3 is 26.2 Å². The minimum Gasteiger partial charge on any atom is -0.403 e. The number of benzene rings is 1. The number of aliphatic hydroxyl groups excluding tert-OH is 1. The summed E-state index contributed by atoms with van der Waals surface area (Å²) in [6.07, 6.45) is 4.58. The first-order valence-corrected chi connectivity index (χ1v) is 10.9. The van der Waals surface area contributed by atoms with Crippen LogP contribution >= 0.6 is 0 Å². The van der Waals surface area contributed by atoms with Crippen LogP contribution in [0.5, 0.6) is 0 Å². The van der Waals surface area contributed by atoms with Gasteiger partial charge in [0.25, 0.3) is 0 Å². The van der Waals surface area contributed by atoms with E-state index in [2.05, 4.69) is 27.2 Å². The number of rotatable bonds is 5. The van der Waals surface area contributed by atoms with Crippen molar-refractivity contribution in [1.29, 1.82) is 0 Å². The monoisotopic (exact) mass is 464 g/mol. The maximum atomic E-state index is 14.3. The molecule has 33 heavy (non-hydrogen) atoms. The van der Waals surface area contributed by atoms with Crippen molar-refractivity contribution in [3.8, 4) is 0 Å². The molecule has 4 rings (SSSR count). The first kappa shape index (κ1) is 23.1. The van der Waals surface area contributed by atoms with Gasteiger partial charge in [-0.15, -0.1) is 0 Å². The van der Waals surface area contributed by atoms with Crippen molar-refractivity contribution in [2.45, 2.75) is 50.3 Å². The number of hydrogen-bond acceptors (Lipinski definition) is 7. The van der Waals surface area contributed by atoms with Gasteiger partial charge in [-0.05, 0) is 32.1 Å². The van der Waals surface area contributed by atoms with Crippen LogP contribution in [0.4, 0.5) is 18.9 Å². The second kappa shape index (κ2) is 9.84. The van der Waals surface area contributed by atoms with Crippen molar-refractivity contribution in [1.82, 2.24) is 10.2 Å². The van der Waals surface area contributed by atoms with E-state index in [-0.39, 0.29) is 29.8 Å². The van der Waals surface area contributed by atoms with Crippen LogP contribution in [-0.4, -0.2) is 53.2 Å². The molecule has 1 aromatic rings. The molecule has 0 unspecified atom stereocenters. The normalized spacial score (nSPS) is 27.8. The zero-order valence-corrected chi connectivity index (χ0v) is 18.0. The van der Waals surface area contributed by atoms with Crippen LogP contribution in [0.25, 0.3) is 0 Å². The molecular weight excluding hydrogens is 437 g/mol. The molecule has 178 valence electrons. The van der Waals surface area contributed by atoms with E-state index in [1.54, 1.807) is 4.90 Å². The lowest BCUT2D eigenvalue weighted by Gasteiger charge is -2.29. The summed E-state index contributed by atoms with van der Waals surface area (Å²) >= 11 is 0. The summed E-state index contributed by atoms with van der Waals surface area (Å²) in [7, 11) is 0. The van der Waals surface area contributed by atoms with E-state index < -0.39 is 23.1 Å². The summed E-state index contributed by atoms with van der Waals surface area (Å²) in [5.41, 5.74) is 5.54. The van der Waals surface area contributed by atoms with Gasteiger partial charge in [-0.3, -0.25) is 4.90 Å². The molecule has 0 aromatic heterocycles. The average molecular weight is 464 g/mol. The number of guanidine groups is 1. The number of aliphatic hydroxyl groups is 1. The van der Waals surface area contributed by atoms with Crippen LogP contribution in [0.2, 0.25) is 0 Å². The number of hydrogen-bond donors (Lipinski definition) is 4. The summed E-state index contributed by atoms with van der Waals surface area (Å²) in [5.74, 6) is -2.37. The molecule has 0 amide bonds. The van der Waals surface area contributed by atoms with Gasteiger partial charge in [0.2, 0.25) is 5.96 Å². The standard InChI is InChI=1S/C22H27F3N6O2/c1-12(27-14-2-4-16(32)5-3-14)28-21-19(10-26)29-22(31(21)15-6-7-33-11-15)30-20-17(24)8-13(23)9-18(20)25/h8-10,14-16,27,32H,1-7,11,26H2,(H,29,30)/b19-10+,28-21+/t14-,15-,16+/m0/s1. The fourth-order valence-corrected chi connectivity index (χ4v) is 4.21. The lowest BCUT2D eigenvalue weighted by molar-refractivity contribution is 0.118. The molecule has 0 radical (unpaired) electrons. The molecule has 0 spiro atoms. The van der Waals surface area contributed by atoms with E-state index in [9.17, 15) is 18.3 Å². The number of anilines is 1. The van der Waals surface area contributed by atoms with E-state index in [1.165, 1.54) is 6.20 Å². The highest BCUT2D eigenvalue weighted by atomic mass is 19.1. The summed E-state index contributed by atoms with van der Waals surface area (Å²) in [4.78, 5) is 10.6. The Labute approximate surface area is 189 Å². The molecule has 3 aliphatic rings. The van der Waals surface area contributed by atoms with E-state index in [1.807, 2.05) is 0 Å². The summed E-state index contributed by atoms with van der Waals surface area (Å²) in [6.45, 7) is 4.85. The first-order chi connectivity index (χ1) is 15.9. The lowest BCUT2D eigenvalue weighted by Crippen LogP contribution is -2.45. The zero-order chi connectivity index (χ0) is 23.5. The van der Waals surface area contributed by atoms with Crippen molar-refractivity contribution >= 4 is 17.5 Å². The molecule has 1 saturated carbocycles. The Morgan fingerprint density at radius 3 is 2.52 bits per heavy atom. The van der Waals surface area contributed by atoms with E-state index in [0.29, 0.717) is 56.3 Å². The van der Waals surface area contributed by atoms with Crippen LogP contribution in [0, 0.1) is 17.5 Å². The van der Waals surface area contributed by atoms with E-state index >= 15 is 0 Å². The number of aliphatic imine (C=N–C) groups is 2. The third-order valence-electron chi connectivity index (χ3n) is 5.89. The summed E-state index contributed by atoms with van der Waals surface area (Å²) < 4.78 is 47.4. The average Bonchev–Trinajstić information content (AvgIpc) is 3.40. The summed E-state index contributed by atoms with van der Waals surface area (Å²) in [5, 5.41) is 15.6. The lowest BCUT2D eigenvalue weighted by atomic mass is 9.93. The highest BCUT2D eigenvalue weighted by molar-refractivity contribution is 6.18. The molecule has 5 N–H and O–H groups in total. The molecule has 2 aliphatic heterocycles. The molecule has 2 heterocycles. The Morgan fingerprint density at radius 1 is 1.21 bits per heavy atom. The second-order valence-electron chi connectivity index (χ2n) is 8.28. The number of amidine groups is 1. The number of halogens is 3. The molecule has 2 fully saturated rings. The van der Waals surface area contributed by atoms with Crippen molar-refractivity contribution in [2.75, 3.05) is 18.5 Å². The number of nitrogens with one attached hydrogen (secondary N) is 2. The van der Waals surface area contributed by atoms with E-state index in [4.69, 9.17) is 10.5 Å². The van der Waals surface area contributed by atoms with Gasteiger partial charge in [-0.25, -0.2) is 23.2 Å². The molecule has 1 atom stereocenters. The van der Waals surface area contributed by atoms with Crippen LogP contribution in [0.15, 0.2) is 46.4 Å². The molecule has 1 aromatic carbocycles. The quantitative estimate of drug-likeness (QED) is 0.534. The van der Waals surface area contributed by atoms with Gasteiger partial charge in [0.1, 0.15) is 23.0 Å². The Hall–Kier alpha value is -3.05. The molecular formula is C22H27F3N6O2. The predicted molar refractivity (Wildman–Crippen MR) is 119 cm³/mol. The predicted octanol–water partition coefficient (Wildman–Crippen LogP) is 2.54. The summed E-state index contributed by atoms with van der Waals surface area (Å²) in [6, 6.07) is 1.09. The Bertz CT molecular complexity index is 975. The highest BCUT2D eigenvalue weighted by Gasteiger charge is 2.37. The minimum absolute atomic E-state index is 0.0962. The van der Waals surface area contributed by atoms with Gasteiger partial charge >= 0.3 is 0 Å². The molecule has 8 nitrogen and oxygen atoms in total. The zero-order valence-electron chi connectivity index (χ0n) is 18.0. The Kier molecular flexibility index (Phi) is 6.89. The fraction of sp³-hybridized carbons (Fsp3) is 0.455. The topological polar surface area (TPSA) is 108 Å². The third-order valence-corrected chi connectivity index (χ3v) is 5.89. The van der Waals surface area contributed by atoms with E-state index in [0.717, 1.165) is 12.8 Å². The second-order valence-corrected chi connectivity index (χ2v) is 8.28. The van der Waals surface area contributed by atoms with Crippen LogP contribution in [0.3, 0.4) is 0 Å². The van der Waals surface area contributed by atoms with Gasteiger partial charge in [0.15, 0.2) is 17.5 Å². The highest BCUT2D eigenvalue weighted by Crippen LogP contribution is 2.28. The largest absolute Gasteiger partial charge is 0.403 e. The van der Waals surface area contributed by atoms with Crippen molar-refractivity contribution in [2.24, 2.45) is 15.7 Å². The molecule has 1 saturated heterocycles. The smallest absolute Gasteiger partial charge is 0.210 e. The SMILES string of the molecule is C=C(/N=C1\C(=C/N)N=C(Nc2c(F)cc(F)cc2F)N1[C@H]1CCOC1)N[C@H]1CC[C@@H](O)CC1. The molecule has 1 aliphatic carbocycles. The van der Waals surface area contributed by atoms with Crippen molar-refractivity contribution < 1.29 is 23.0 Å². The molecule has 0 bridgehead atoms. The van der Waals surface area contributed by atoms with Gasteiger partial charge in [0.05, 0.1) is 18.8 Å². The maximum absolute atomic E-state index is 14.3. The van der Waals surface area contributed by atoms with Gasteiger partial charge in [-0.2, -0.15) is 0 Å². The number of nitrogens with zero attached hydrogens (tertiary/aromatic N) is 3. The first-order valence-electron chi connectivity index (χ1n) is 10.9. The van der Waals surface area contributed by atoms with Crippen LogP contribution in [-0.2, 0) is 4.74 Å². The van der Waals surface area contributed by atoms with Crippen LogP contribution < -0.4 is 16.4 Å². The maximum Gasteiger partial charge on any atom is 0.210 e. The van der Waals surface area contributed by atoms with Gasteiger partial charge in [-0.1, -0.05) is 6.58 Å². The number of ether oxygens (including phenoxy) is 1. The fourth-order valence-electron chi connectivity index (χ4n) is 4.21. The minimum atomic E-state index is -1.09. The third kappa shape index (κ3) is 5.14. The molecule has 11 heteroatoms.